The molecular formula is C32H41ClN10O10. The summed E-state index contributed by atoms with van der Waals surface area (Å²) in [5.41, 5.74) is 11.7. The predicted octanol–water partition coefficient (Wildman–Crippen LogP) is 0.495. The monoisotopic (exact) mass is 760 g/mol. The highest BCUT2D eigenvalue weighted by molar-refractivity contribution is 6.13. The summed E-state index contributed by atoms with van der Waals surface area (Å²) >= 11 is 0. The molecule has 1 aliphatic rings. The lowest BCUT2D eigenvalue weighted by Crippen LogP contribution is -2.60. The van der Waals surface area contributed by atoms with Gasteiger partial charge in [-0.1, -0.05) is 0 Å². The average molecular weight is 761 g/mol. The number of carbonyl (C=O) groups excluding carboxylic acids is 6. The number of nitrogens with two attached hydrogens (primary N) is 2. The van der Waals surface area contributed by atoms with Crippen molar-refractivity contribution in [2.24, 2.45) is 11.5 Å². The molecule has 0 unspecified atom stereocenters. The third-order valence-electron chi connectivity index (χ3n) is 7.64. The number of hydrogen-bond acceptors (Lipinski definition) is 11. The molecule has 0 bridgehead atoms. The first-order chi connectivity index (χ1) is 24.7. The Morgan fingerprint density at radius 2 is 1.38 bits per heavy atom. The third kappa shape index (κ3) is 11.3. The molecule has 0 spiro atoms. The fourth-order valence-electron chi connectivity index (χ4n) is 5.18. The number of methoxy groups -OCH3 is 1. The topological polar surface area (TPSA) is 295 Å². The number of halogens is 1. The molecule has 53 heavy (non-hydrogen) atoms. The highest BCUT2D eigenvalue weighted by Gasteiger charge is 2.37. The molecule has 20 nitrogen and oxygen atoms in total. The van der Waals surface area contributed by atoms with E-state index >= 15 is 0 Å². The number of carbonyl (C=O) groups is 7. The standard InChI is InChI=1S/C32H40N10O10.ClH/c1-3-52-32(50)42(30(35)36)22-12-8-20(9-13-22)27(47)38-17-24(43)40-16-15-39(18-25(44)45)28(48)23(40)5-4-14-37-26(46)19-6-10-21(11-7-19)41(29(33)34)31(49)51-2;/h6-13,23H,3-5,14-18H2,1-2H3,(H3,33,34)(H3,35,36)(H,37,46)(H,38,47)(H,44,45);1H/t23-;/m0./s1. The van der Waals surface area contributed by atoms with Gasteiger partial charge in [0.15, 0.2) is 0 Å². The smallest absolute Gasteiger partial charge is 0.421 e. The minimum Gasteiger partial charge on any atom is -0.480 e. The molecule has 6 amide bonds. The molecule has 1 heterocycles. The van der Waals surface area contributed by atoms with Crippen molar-refractivity contribution in [1.29, 1.82) is 10.8 Å². The largest absolute Gasteiger partial charge is 0.480 e. The predicted molar refractivity (Wildman–Crippen MR) is 192 cm³/mol. The second kappa shape index (κ2) is 19.8. The molecular weight excluding hydrogens is 720 g/mol. The van der Waals surface area contributed by atoms with Crippen LogP contribution in [0.15, 0.2) is 48.5 Å². The molecule has 1 saturated heterocycles. The van der Waals surface area contributed by atoms with Crippen LogP contribution in [0.5, 0.6) is 0 Å². The Bertz CT molecular complexity index is 1710. The molecule has 1 aliphatic heterocycles. The number of carboxylic acid groups (broad SMARTS) is 1. The highest BCUT2D eigenvalue weighted by atomic mass is 35.5. The van der Waals surface area contributed by atoms with Crippen LogP contribution in [0.3, 0.4) is 0 Å². The van der Waals surface area contributed by atoms with Gasteiger partial charge in [0.1, 0.15) is 12.6 Å². The summed E-state index contributed by atoms with van der Waals surface area (Å²) in [4.78, 5) is 91.6. The summed E-state index contributed by atoms with van der Waals surface area (Å²) in [6.45, 7) is 0.626. The molecule has 1 atom stereocenters. The number of ether oxygens (including phenoxy) is 2. The minimum absolute atomic E-state index is 0. The summed E-state index contributed by atoms with van der Waals surface area (Å²) in [7, 11) is 1.13. The van der Waals surface area contributed by atoms with Crippen molar-refractivity contribution in [2.75, 3.05) is 56.2 Å². The number of carboxylic acids is 1. The van der Waals surface area contributed by atoms with E-state index in [1.165, 1.54) is 53.4 Å². The number of benzene rings is 2. The zero-order valence-electron chi connectivity index (χ0n) is 28.8. The highest BCUT2D eigenvalue weighted by Crippen LogP contribution is 2.19. The summed E-state index contributed by atoms with van der Waals surface area (Å²) in [5.74, 6) is -4.73. The first-order valence-corrected chi connectivity index (χ1v) is 15.8. The van der Waals surface area contributed by atoms with E-state index in [2.05, 4.69) is 15.4 Å². The second-order valence-electron chi connectivity index (χ2n) is 11.0. The number of guanidine groups is 2. The van der Waals surface area contributed by atoms with Crippen molar-refractivity contribution in [2.45, 2.75) is 25.8 Å². The van der Waals surface area contributed by atoms with Crippen molar-refractivity contribution in [3.8, 4) is 0 Å². The van der Waals surface area contributed by atoms with E-state index in [4.69, 9.17) is 27.0 Å². The fraction of sp³-hybridized carbons (Fsp3) is 0.344. The number of anilines is 2. The molecule has 2 aromatic rings. The first-order valence-electron chi connectivity index (χ1n) is 15.8. The van der Waals surface area contributed by atoms with Crippen molar-refractivity contribution >= 4 is 77.5 Å². The maximum Gasteiger partial charge on any atom is 0.421 e. The molecule has 21 heteroatoms. The second-order valence-corrected chi connectivity index (χ2v) is 11.0. The number of rotatable bonds is 13. The Morgan fingerprint density at radius 1 is 0.868 bits per heavy atom. The minimum atomic E-state index is -1.23. The quantitative estimate of drug-likeness (QED) is 0.0834. The SMILES string of the molecule is CCOC(=O)N(C(=N)N)c1ccc(C(=O)NCC(=O)N2CCN(CC(=O)O)C(=O)[C@@H]2CCCNC(=O)c2ccc(N(C(=N)N)C(=O)OC)cc2)cc1.Cl. The third-order valence-corrected chi connectivity index (χ3v) is 7.64. The molecule has 286 valence electrons. The van der Waals surface area contributed by atoms with Crippen LogP contribution in [-0.4, -0.2) is 121 Å². The number of nitrogens with zero attached hydrogens (tertiary/aromatic N) is 4. The van der Waals surface area contributed by atoms with Crippen LogP contribution in [0, 0.1) is 10.8 Å². The zero-order valence-corrected chi connectivity index (χ0v) is 29.6. The molecule has 0 radical (unpaired) electrons. The Labute approximate surface area is 309 Å². The van der Waals surface area contributed by atoms with Gasteiger partial charge in [0, 0.05) is 30.8 Å². The van der Waals surface area contributed by atoms with E-state index in [-0.39, 0.29) is 74.0 Å². The number of amides is 6. The van der Waals surface area contributed by atoms with Gasteiger partial charge in [-0.05, 0) is 68.3 Å². The lowest BCUT2D eigenvalue weighted by Gasteiger charge is -2.40. The lowest BCUT2D eigenvalue weighted by molar-refractivity contribution is -0.155. The van der Waals surface area contributed by atoms with Crippen LogP contribution >= 0.6 is 12.4 Å². The van der Waals surface area contributed by atoms with Crippen LogP contribution in [-0.2, 0) is 23.9 Å². The van der Waals surface area contributed by atoms with E-state index in [1.54, 1.807) is 6.92 Å². The molecule has 1 fully saturated rings. The van der Waals surface area contributed by atoms with Gasteiger partial charge in [-0.2, -0.15) is 0 Å². The maximum atomic E-state index is 13.3. The summed E-state index contributed by atoms with van der Waals surface area (Å²) < 4.78 is 9.51. The molecule has 0 aromatic heterocycles. The molecule has 2 aromatic carbocycles. The summed E-state index contributed by atoms with van der Waals surface area (Å²) in [6.07, 6.45) is -1.48. The number of hydrogen-bond donors (Lipinski definition) is 7. The van der Waals surface area contributed by atoms with Gasteiger partial charge in [-0.15, -0.1) is 12.4 Å². The zero-order chi connectivity index (χ0) is 38.5. The Balaban J connectivity index is 0.00000972. The van der Waals surface area contributed by atoms with Crippen LogP contribution in [0.4, 0.5) is 21.0 Å². The Kier molecular flexibility index (Phi) is 16.0. The Hall–Kier alpha value is -6.44. The molecule has 9 N–H and O–H groups in total. The summed E-state index contributed by atoms with van der Waals surface area (Å²) in [5, 5.41) is 29.7. The van der Waals surface area contributed by atoms with Gasteiger partial charge in [0.2, 0.25) is 23.7 Å². The molecule has 0 aliphatic carbocycles. The van der Waals surface area contributed by atoms with Crippen molar-refractivity contribution in [1.82, 2.24) is 20.4 Å². The van der Waals surface area contributed by atoms with E-state index in [1.807, 2.05) is 0 Å². The first kappa shape index (κ1) is 42.7. The van der Waals surface area contributed by atoms with Crippen molar-refractivity contribution in [3.05, 3.63) is 59.7 Å². The van der Waals surface area contributed by atoms with E-state index < -0.39 is 72.8 Å². The van der Waals surface area contributed by atoms with Gasteiger partial charge in [-0.3, -0.25) is 34.8 Å². The van der Waals surface area contributed by atoms with Gasteiger partial charge >= 0.3 is 18.2 Å². The lowest BCUT2D eigenvalue weighted by atomic mass is 10.0. The normalized spacial score (nSPS) is 13.5. The maximum absolute atomic E-state index is 13.3. The molecule has 3 rings (SSSR count). The van der Waals surface area contributed by atoms with Crippen molar-refractivity contribution < 1.29 is 48.1 Å². The van der Waals surface area contributed by atoms with E-state index in [0.717, 1.165) is 21.8 Å². The molecule has 0 saturated carbocycles. The van der Waals surface area contributed by atoms with E-state index in [9.17, 15) is 38.7 Å². The van der Waals surface area contributed by atoms with Crippen molar-refractivity contribution in [3.63, 3.8) is 0 Å². The fourth-order valence-corrected chi connectivity index (χ4v) is 5.18. The van der Waals surface area contributed by atoms with Crippen LogP contribution in [0.2, 0.25) is 0 Å². The van der Waals surface area contributed by atoms with Gasteiger partial charge < -0.3 is 46.5 Å². The number of aliphatic carboxylic acids is 1. The van der Waals surface area contributed by atoms with E-state index in [0.29, 0.717) is 0 Å². The number of nitrogens with one attached hydrogen (secondary N) is 4. The Morgan fingerprint density at radius 3 is 1.85 bits per heavy atom. The number of piperazine rings is 1. The van der Waals surface area contributed by atoms with Gasteiger partial charge in [-0.25, -0.2) is 19.4 Å². The van der Waals surface area contributed by atoms with Gasteiger partial charge in [0.25, 0.3) is 11.8 Å². The van der Waals surface area contributed by atoms with Gasteiger partial charge in [0.05, 0.1) is 31.6 Å². The average Bonchev–Trinajstić information content (AvgIpc) is 3.10. The van der Waals surface area contributed by atoms with Crippen LogP contribution < -0.4 is 31.9 Å². The van der Waals surface area contributed by atoms with Crippen LogP contribution in [0.25, 0.3) is 0 Å². The van der Waals surface area contributed by atoms with Crippen LogP contribution in [0.1, 0.15) is 40.5 Å². The summed E-state index contributed by atoms with van der Waals surface area (Å²) in [6, 6.07) is 9.99.